The van der Waals surface area contributed by atoms with E-state index in [0.29, 0.717) is 6.54 Å². The second kappa shape index (κ2) is 5.39. The van der Waals surface area contributed by atoms with Crippen molar-refractivity contribution in [2.45, 2.75) is 25.5 Å². The molecule has 0 bridgehead atoms. The number of β-amino-alcohol motifs (C(OH)–C–C–N with tert-alkyl or cyclic N) is 1. The van der Waals surface area contributed by atoms with Crippen molar-refractivity contribution in [3.05, 3.63) is 71.3 Å². The van der Waals surface area contributed by atoms with Gasteiger partial charge in [0, 0.05) is 19.6 Å². The Kier molecular flexibility index (Phi) is 3.60. The van der Waals surface area contributed by atoms with E-state index in [1.165, 1.54) is 11.1 Å². The molecule has 2 heteroatoms. The van der Waals surface area contributed by atoms with Crippen LogP contribution in [0.4, 0.5) is 0 Å². The van der Waals surface area contributed by atoms with Gasteiger partial charge < -0.3 is 5.11 Å². The summed E-state index contributed by atoms with van der Waals surface area (Å²) in [6, 6.07) is 18.5. The molecule has 0 saturated heterocycles. The summed E-state index contributed by atoms with van der Waals surface area (Å²) in [5, 5.41) is 10.7. The van der Waals surface area contributed by atoms with Gasteiger partial charge in [0.05, 0.1) is 5.60 Å². The molecule has 0 spiro atoms. The molecule has 1 aliphatic rings. The highest BCUT2D eigenvalue weighted by Gasteiger charge is 2.27. The summed E-state index contributed by atoms with van der Waals surface area (Å²) in [7, 11) is 0. The van der Waals surface area contributed by atoms with Gasteiger partial charge in [-0.15, -0.1) is 0 Å². The third-order valence-corrected chi connectivity index (χ3v) is 4.14. The van der Waals surface area contributed by atoms with Crippen molar-refractivity contribution >= 4 is 0 Å². The maximum atomic E-state index is 10.7. The molecule has 2 aromatic rings. The number of rotatable bonds is 3. The Morgan fingerprint density at radius 1 is 1.00 bits per heavy atom. The van der Waals surface area contributed by atoms with Crippen LogP contribution in [0.1, 0.15) is 23.6 Å². The summed E-state index contributed by atoms with van der Waals surface area (Å²) >= 11 is 0. The second-order valence-corrected chi connectivity index (χ2v) is 5.87. The Bertz CT molecular complexity index is 577. The number of hydrogen-bond acceptors (Lipinski definition) is 2. The summed E-state index contributed by atoms with van der Waals surface area (Å²) in [5.41, 5.74) is 3.03. The lowest BCUT2D eigenvalue weighted by molar-refractivity contribution is 0.0117. The van der Waals surface area contributed by atoms with Crippen LogP contribution in [0.15, 0.2) is 54.6 Å². The van der Waals surface area contributed by atoms with Gasteiger partial charge >= 0.3 is 0 Å². The van der Waals surface area contributed by atoms with Gasteiger partial charge in [0.15, 0.2) is 0 Å². The predicted octanol–water partition coefficient (Wildman–Crippen LogP) is 2.95. The van der Waals surface area contributed by atoms with Gasteiger partial charge in [-0.2, -0.15) is 0 Å². The average molecular weight is 267 g/mol. The van der Waals surface area contributed by atoms with Crippen LogP contribution in [0.5, 0.6) is 0 Å². The highest BCUT2D eigenvalue weighted by Crippen LogP contribution is 2.25. The first-order valence-electron chi connectivity index (χ1n) is 7.22. The van der Waals surface area contributed by atoms with Crippen LogP contribution in [0.25, 0.3) is 0 Å². The molecule has 1 unspecified atom stereocenters. The SMILES string of the molecule is CC(O)(CN1CCc2ccccc2C1)c1ccccc1. The van der Waals surface area contributed by atoms with E-state index in [-0.39, 0.29) is 0 Å². The van der Waals surface area contributed by atoms with E-state index in [1.807, 2.05) is 37.3 Å². The van der Waals surface area contributed by atoms with Crippen LogP contribution in [0.3, 0.4) is 0 Å². The van der Waals surface area contributed by atoms with Crippen molar-refractivity contribution in [2.75, 3.05) is 13.1 Å². The number of nitrogens with zero attached hydrogens (tertiary/aromatic N) is 1. The van der Waals surface area contributed by atoms with E-state index in [2.05, 4.69) is 29.2 Å². The highest BCUT2D eigenvalue weighted by atomic mass is 16.3. The zero-order valence-electron chi connectivity index (χ0n) is 11.9. The van der Waals surface area contributed by atoms with E-state index >= 15 is 0 Å². The molecule has 0 aliphatic carbocycles. The van der Waals surface area contributed by atoms with Gasteiger partial charge in [-0.05, 0) is 30.0 Å². The van der Waals surface area contributed by atoms with Gasteiger partial charge in [-0.1, -0.05) is 54.6 Å². The molecule has 1 aliphatic heterocycles. The van der Waals surface area contributed by atoms with Crippen LogP contribution < -0.4 is 0 Å². The number of aliphatic hydroxyl groups is 1. The third kappa shape index (κ3) is 2.77. The molecule has 0 radical (unpaired) electrons. The molecule has 0 amide bonds. The molecule has 104 valence electrons. The first-order chi connectivity index (χ1) is 9.65. The fourth-order valence-electron chi connectivity index (χ4n) is 3.01. The molecular weight excluding hydrogens is 246 g/mol. The lowest BCUT2D eigenvalue weighted by atomic mass is 9.93. The first kappa shape index (κ1) is 13.3. The van der Waals surface area contributed by atoms with E-state index in [4.69, 9.17) is 0 Å². The quantitative estimate of drug-likeness (QED) is 0.924. The fourth-order valence-corrected chi connectivity index (χ4v) is 3.01. The van der Waals surface area contributed by atoms with Crippen LogP contribution in [0, 0.1) is 0 Å². The maximum absolute atomic E-state index is 10.7. The molecule has 1 heterocycles. The third-order valence-electron chi connectivity index (χ3n) is 4.14. The van der Waals surface area contributed by atoms with Crippen molar-refractivity contribution in [1.82, 2.24) is 4.90 Å². The highest BCUT2D eigenvalue weighted by molar-refractivity contribution is 5.29. The average Bonchev–Trinajstić information content (AvgIpc) is 2.48. The molecule has 3 rings (SSSR count). The molecule has 1 N–H and O–H groups in total. The monoisotopic (exact) mass is 267 g/mol. The van der Waals surface area contributed by atoms with Crippen molar-refractivity contribution < 1.29 is 5.11 Å². The molecule has 0 aromatic heterocycles. The minimum atomic E-state index is -0.798. The summed E-state index contributed by atoms with van der Waals surface area (Å²) in [6.07, 6.45) is 1.07. The predicted molar refractivity (Wildman–Crippen MR) is 81.4 cm³/mol. The molecule has 0 saturated carbocycles. The van der Waals surface area contributed by atoms with E-state index in [9.17, 15) is 5.11 Å². The van der Waals surface area contributed by atoms with Gasteiger partial charge in [0.1, 0.15) is 0 Å². The minimum absolute atomic E-state index is 0.672. The van der Waals surface area contributed by atoms with Crippen molar-refractivity contribution in [1.29, 1.82) is 0 Å². The van der Waals surface area contributed by atoms with E-state index in [0.717, 1.165) is 25.1 Å². The van der Waals surface area contributed by atoms with Gasteiger partial charge in [0.25, 0.3) is 0 Å². The molecule has 20 heavy (non-hydrogen) atoms. The van der Waals surface area contributed by atoms with Crippen LogP contribution in [-0.4, -0.2) is 23.1 Å². The maximum Gasteiger partial charge on any atom is 0.0994 e. The zero-order chi connectivity index (χ0) is 14.0. The van der Waals surface area contributed by atoms with Crippen LogP contribution in [0.2, 0.25) is 0 Å². The summed E-state index contributed by atoms with van der Waals surface area (Å²) in [5.74, 6) is 0. The molecule has 1 atom stereocenters. The summed E-state index contributed by atoms with van der Waals surface area (Å²) in [4.78, 5) is 2.34. The topological polar surface area (TPSA) is 23.5 Å². The lowest BCUT2D eigenvalue weighted by Crippen LogP contribution is -2.41. The Labute approximate surface area is 120 Å². The second-order valence-electron chi connectivity index (χ2n) is 5.87. The van der Waals surface area contributed by atoms with Gasteiger partial charge in [-0.3, -0.25) is 4.90 Å². The zero-order valence-corrected chi connectivity index (χ0v) is 11.9. The fraction of sp³-hybridized carbons (Fsp3) is 0.333. The number of benzene rings is 2. The van der Waals surface area contributed by atoms with Gasteiger partial charge in [-0.25, -0.2) is 0 Å². The van der Waals surface area contributed by atoms with E-state index in [1.54, 1.807) is 0 Å². The normalized spacial score (nSPS) is 18.3. The van der Waals surface area contributed by atoms with Crippen molar-refractivity contribution in [3.8, 4) is 0 Å². The smallest absolute Gasteiger partial charge is 0.0994 e. The van der Waals surface area contributed by atoms with Crippen LogP contribution >= 0.6 is 0 Å². The number of fused-ring (bicyclic) bond motifs is 1. The minimum Gasteiger partial charge on any atom is -0.384 e. The van der Waals surface area contributed by atoms with Crippen molar-refractivity contribution in [2.24, 2.45) is 0 Å². The first-order valence-corrected chi connectivity index (χ1v) is 7.22. The molecule has 2 aromatic carbocycles. The van der Waals surface area contributed by atoms with E-state index < -0.39 is 5.60 Å². The Morgan fingerprint density at radius 2 is 1.65 bits per heavy atom. The Hall–Kier alpha value is -1.64. The van der Waals surface area contributed by atoms with Crippen molar-refractivity contribution in [3.63, 3.8) is 0 Å². The van der Waals surface area contributed by atoms with Gasteiger partial charge in [0.2, 0.25) is 0 Å². The summed E-state index contributed by atoms with van der Waals surface area (Å²) < 4.78 is 0. The number of hydrogen-bond donors (Lipinski definition) is 1. The Morgan fingerprint density at radius 3 is 2.40 bits per heavy atom. The molecule has 0 fully saturated rings. The lowest BCUT2D eigenvalue weighted by Gasteiger charge is -2.35. The molecule has 2 nitrogen and oxygen atoms in total. The Balaban J connectivity index is 1.73. The largest absolute Gasteiger partial charge is 0.384 e. The standard InChI is InChI=1S/C18H21NO/c1-18(20,17-9-3-2-4-10-17)14-19-12-11-15-7-5-6-8-16(15)13-19/h2-10,20H,11-14H2,1H3. The summed E-state index contributed by atoms with van der Waals surface area (Å²) in [6.45, 7) is 4.52. The van der Waals surface area contributed by atoms with Crippen LogP contribution in [-0.2, 0) is 18.6 Å². The molecular formula is C18H21NO.